The van der Waals surface area contributed by atoms with Crippen LogP contribution in [0.1, 0.15) is 47.8 Å². The number of alkyl halides is 3. The molecule has 1 N–H and O–H groups in total. The highest BCUT2D eigenvalue weighted by molar-refractivity contribution is 5.65. The normalized spacial score (nSPS) is 13.5. The number of anilines is 1. The van der Waals surface area contributed by atoms with Gasteiger partial charge in [0.05, 0.1) is 18.3 Å². The van der Waals surface area contributed by atoms with E-state index in [0.717, 1.165) is 40.0 Å². The molecule has 3 heterocycles. The average molecular weight is 532 g/mol. The standard InChI is InChI=1S/C29H28F3N7/c1-18(2)21-6-4-5-7-22(21)27-35-24-16-39(13-12-33)15-23(24)26(37-27)34-14-19-8-10-20(11-9-19)28-36-25(17-38(28)3)29(30,31)32/h4-11,17-18H,13-16H2,1-3H3,(H,34,35,37). The Kier molecular flexibility index (Phi) is 7.10. The van der Waals surface area contributed by atoms with Crippen molar-refractivity contribution in [3.63, 3.8) is 0 Å². The minimum atomic E-state index is -4.49. The molecule has 1 aliphatic rings. The van der Waals surface area contributed by atoms with Crippen LogP contribution in [0.15, 0.2) is 54.7 Å². The number of hydrogen-bond donors (Lipinski definition) is 1. The Morgan fingerprint density at radius 2 is 1.77 bits per heavy atom. The number of aryl methyl sites for hydroxylation is 1. The molecule has 0 bridgehead atoms. The number of nitriles is 1. The summed E-state index contributed by atoms with van der Waals surface area (Å²) in [6.07, 6.45) is -3.50. The molecule has 39 heavy (non-hydrogen) atoms. The Bertz CT molecular complexity index is 1530. The summed E-state index contributed by atoms with van der Waals surface area (Å²) in [5.41, 5.74) is 4.64. The molecule has 10 heteroatoms. The van der Waals surface area contributed by atoms with Crippen LogP contribution in [0.3, 0.4) is 0 Å². The molecular formula is C29H28F3N7. The molecule has 0 radical (unpaired) electrons. The Labute approximate surface area is 225 Å². The number of nitrogens with one attached hydrogen (secondary N) is 1. The molecule has 0 spiro atoms. The summed E-state index contributed by atoms with van der Waals surface area (Å²) in [5.74, 6) is 1.91. The van der Waals surface area contributed by atoms with Gasteiger partial charge in [-0.25, -0.2) is 15.0 Å². The molecule has 0 saturated carbocycles. The number of imidazole rings is 1. The van der Waals surface area contributed by atoms with Gasteiger partial charge in [-0.1, -0.05) is 62.4 Å². The fourth-order valence-corrected chi connectivity index (χ4v) is 4.83. The van der Waals surface area contributed by atoms with Crippen molar-refractivity contribution in [2.45, 2.75) is 45.6 Å². The third kappa shape index (κ3) is 5.49. The molecule has 200 valence electrons. The smallest absolute Gasteiger partial charge is 0.366 e. The number of benzene rings is 2. The highest BCUT2D eigenvalue weighted by Crippen LogP contribution is 2.33. The summed E-state index contributed by atoms with van der Waals surface area (Å²) >= 11 is 0. The molecular weight excluding hydrogens is 503 g/mol. The minimum absolute atomic E-state index is 0.251. The number of aromatic nitrogens is 4. The maximum atomic E-state index is 13.1. The van der Waals surface area contributed by atoms with Crippen LogP contribution in [-0.2, 0) is 32.9 Å². The van der Waals surface area contributed by atoms with E-state index in [-0.39, 0.29) is 5.82 Å². The van der Waals surface area contributed by atoms with Crippen LogP contribution < -0.4 is 5.32 Å². The molecule has 0 saturated heterocycles. The summed E-state index contributed by atoms with van der Waals surface area (Å²) in [4.78, 5) is 15.6. The lowest BCUT2D eigenvalue weighted by Crippen LogP contribution is -2.16. The van der Waals surface area contributed by atoms with Gasteiger partial charge in [0, 0.05) is 49.6 Å². The summed E-state index contributed by atoms with van der Waals surface area (Å²) in [7, 11) is 1.55. The van der Waals surface area contributed by atoms with E-state index in [1.54, 1.807) is 19.2 Å². The number of fused-ring (bicyclic) bond motifs is 1. The van der Waals surface area contributed by atoms with Crippen LogP contribution in [0, 0.1) is 11.3 Å². The largest absolute Gasteiger partial charge is 0.434 e. The zero-order valence-corrected chi connectivity index (χ0v) is 21.9. The third-order valence-corrected chi connectivity index (χ3v) is 6.80. The van der Waals surface area contributed by atoms with Gasteiger partial charge in [-0.2, -0.15) is 18.4 Å². The van der Waals surface area contributed by atoms with Crippen molar-refractivity contribution < 1.29 is 13.2 Å². The van der Waals surface area contributed by atoms with Crippen molar-refractivity contribution in [2.24, 2.45) is 7.05 Å². The zero-order valence-electron chi connectivity index (χ0n) is 21.9. The molecule has 0 unspecified atom stereocenters. The van der Waals surface area contributed by atoms with Gasteiger partial charge in [-0.15, -0.1) is 0 Å². The predicted molar refractivity (Wildman–Crippen MR) is 142 cm³/mol. The maximum absolute atomic E-state index is 13.1. The van der Waals surface area contributed by atoms with E-state index in [1.807, 2.05) is 35.2 Å². The average Bonchev–Trinajstić information content (AvgIpc) is 3.51. The fourth-order valence-electron chi connectivity index (χ4n) is 4.83. The van der Waals surface area contributed by atoms with Crippen molar-refractivity contribution in [2.75, 3.05) is 11.9 Å². The van der Waals surface area contributed by atoms with E-state index in [1.165, 1.54) is 4.57 Å². The minimum Gasteiger partial charge on any atom is -0.366 e. The van der Waals surface area contributed by atoms with Gasteiger partial charge in [-0.05, 0) is 17.0 Å². The van der Waals surface area contributed by atoms with Crippen LogP contribution in [0.25, 0.3) is 22.8 Å². The van der Waals surface area contributed by atoms with E-state index in [4.69, 9.17) is 9.97 Å². The molecule has 0 amide bonds. The first-order chi connectivity index (χ1) is 18.6. The molecule has 1 aliphatic heterocycles. The number of hydrogen-bond acceptors (Lipinski definition) is 6. The van der Waals surface area contributed by atoms with Gasteiger partial charge < -0.3 is 9.88 Å². The van der Waals surface area contributed by atoms with Crippen LogP contribution in [0.5, 0.6) is 0 Å². The summed E-state index contributed by atoms with van der Waals surface area (Å²) in [5, 5.41) is 12.7. The first kappa shape index (κ1) is 26.4. The highest BCUT2D eigenvalue weighted by Gasteiger charge is 2.34. The lowest BCUT2D eigenvalue weighted by atomic mass is 9.96. The summed E-state index contributed by atoms with van der Waals surface area (Å²) < 4.78 is 40.6. The van der Waals surface area contributed by atoms with Crippen molar-refractivity contribution >= 4 is 5.82 Å². The van der Waals surface area contributed by atoms with E-state index in [9.17, 15) is 18.4 Å². The van der Waals surface area contributed by atoms with Crippen molar-refractivity contribution in [1.29, 1.82) is 5.26 Å². The van der Waals surface area contributed by atoms with Crippen LogP contribution >= 0.6 is 0 Å². The van der Waals surface area contributed by atoms with E-state index < -0.39 is 11.9 Å². The molecule has 0 aliphatic carbocycles. The SMILES string of the molecule is CC(C)c1ccccc1-c1nc2c(c(NCc3ccc(-c4nc(C(F)(F)F)cn4C)cc3)n1)CN(CC#N)C2. The molecule has 2 aromatic heterocycles. The topological polar surface area (TPSA) is 82.7 Å². The van der Waals surface area contributed by atoms with Crippen molar-refractivity contribution in [1.82, 2.24) is 24.4 Å². The first-order valence-electron chi connectivity index (χ1n) is 12.7. The van der Waals surface area contributed by atoms with Gasteiger partial charge in [0.25, 0.3) is 0 Å². The van der Waals surface area contributed by atoms with Gasteiger partial charge in [0.2, 0.25) is 0 Å². The second kappa shape index (κ2) is 10.5. The molecule has 7 nitrogen and oxygen atoms in total. The monoisotopic (exact) mass is 531 g/mol. The van der Waals surface area contributed by atoms with Gasteiger partial charge in [0.15, 0.2) is 11.5 Å². The van der Waals surface area contributed by atoms with E-state index >= 15 is 0 Å². The highest BCUT2D eigenvalue weighted by atomic mass is 19.4. The second-order valence-electron chi connectivity index (χ2n) is 9.98. The van der Waals surface area contributed by atoms with Crippen LogP contribution in [0.2, 0.25) is 0 Å². The second-order valence-corrected chi connectivity index (χ2v) is 9.98. The van der Waals surface area contributed by atoms with Gasteiger partial charge in [-0.3, -0.25) is 4.90 Å². The molecule has 0 fully saturated rings. The Balaban J connectivity index is 1.41. The number of nitrogens with zero attached hydrogens (tertiary/aromatic N) is 6. The predicted octanol–water partition coefficient (Wildman–Crippen LogP) is 6.14. The molecule has 5 rings (SSSR count). The quantitative estimate of drug-likeness (QED) is 0.289. The molecule has 0 atom stereocenters. The van der Waals surface area contributed by atoms with E-state index in [0.29, 0.717) is 43.5 Å². The fraction of sp³-hybridized carbons (Fsp3) is 0.310. The third-order valence-electron chi connectivity index (χ3n) is 6.80. The van der Waals surface area contributed by atoms with Crippen molar-refractivity contribution in [3.8, 4) is 28.8 Å². The van der Waals surface area contributed by atoms with Crippen LogP contribution in [0.4, 0.5) is 19.0 Å². The Morgan fingerprint density at radius 1 is 1.03 bits per heavy atom. The van der Waals surface area contributed by atoms with Gasteiger partial charge in [0.1, 0.15) is 11.6 Å². The number of rotatable bonds is 7. The lowest BCUT2D eigenvalue weighted by molar-refractivity contribution is -0.140. The van der Waals surface area contributed by atoms with Crippen LogP contribution in [-0.4, -0.2) is 31.0 Å². The Morgan fingerprint density at radius 3 is 2.44 bits per heavy atom. The Hall–Kier alpha value is -4.23. The molecule has 4 aromatic rings. The zero-order chi connectivity index (χ0) is 27.7. The molecule has 2 aromatic carbocycles. The lowest BCUT2D eigenvalue weighted by Gasteiger charge is -2.15. The summed E-state index contributed by atoms with van der Waals surface area (Å²) in [6, 6.07) is 17.6. The number of halogens is 3. The first-order valence-corrected chi connectivity index (χ1v) is 12.7. The summed E-state index contributed by atoms with van der Waals surface area (Å²) in [6.45, 7) is 6.20. The van der Waals surface area contributed by atoms with E-state index in [2.05, 4.69) is 36.3 Å². The van der Waals surface area contributed by atoms with Crippen molar-refractivity contribution in [3.05, 3.63) is 82.8 Å². The maximum Gasteiger partial charge on any atom is 0.434 e. The van der Waals surface area contributed by atoms with Gasteiger partial charge >= 0.3 is 6.18 Å².